The third-order valence-electron chi connectivity index (χ3n) is 5.81. The molecule has 6 heteroatoms. The monoisotopic (exact) mass is 396 g/mol. The van der Waals surface area contributed by atoms with Gasteiger partial charge in [-0.3, -0.25) is 9.78 Å². The molecule has 1 amide bonds. The minimum absolute atomic E-state index is 0.0523. The Hall–Kier alpha value is -2.05. The Morgan fingerprint density at radius 3 is 2.96 bits per heavy atom. The van der Waals surface area contributed by atoms with Crippen LogP contribution in [0.2, 0.25) is 0 Å². The maximum Gasteiger partial charge on any atom is 0.270 e. The molecule has 5 nitrogen and oxygen atoms in total. The average molecular weight is 397 g/mol. The van der Waals surface area contributed by atoms with Gasteiger partial charge in [-0.1, -0.05) is 18.2 Å². The Morgan fingerprint density at radius 2 is 2.21 bits per heavy atom. The molecule has 3 unspecified atom stereocenters. The summed E-state index contributed by atoms with van der Waals surface area (Å²) in [6.45, 7) is 3.35. The van der Waals surface area contributed by atoms with Crippen molar-refractivity contribution in [3.63, 3.8) is 0 Å². The van der Waals surface area contributed by atoms with E-state index in [1.165, 1.54) is 32.2 Å². The van der Waals surface area contributed by atoms with Crippen LogP contribution in [-0.2, 0) is 0 Å². The minimum atomic E-state index is -0.115. The molecule has 2 aromatic heterocycles. The van der Waals surface area contributed by atoms with Gasteiger partial charge in [-0.2, -0.15) is 0 Å². The number of likely N-dealkylation sites (tertiary alicyclic amines) is 1. The van der Waals surface area contributed by atoms with Crippen molar-refractivity contribution >= 4 is 17.2 Å². The van der Waals surface area contributed by atoms with Crippen LogP contribution in [0.15, 0.2) is 48.1 Å². The van der Waals surface area contributed by atoms with E-state index in [-0.39, 0.29) is 11.9 Å². The fourth-order valence-electron chi connectivity index (χ4n) is 4.40. The number of rotatable bonds is 6. The van der Waals surface area contributed by atoms with Crippen LogP contribution in [0.1, 0.15) is 53.6 Å². The van der Waals surface area contributed by atoms with Crippen molar-refractivity contribution in [2.75, 3.05) is 19.6 Å². The first-order valence-electron chi connectivity index (χ1n) is 10.3. The van der Waals surface area contributed by atoms with E-state index < -0.39 is 0 Å². The summed E-state index contributed by atoms with van der Waals surface area (Å²) in [6.07, 6.45) is 14.1. The number of nitrogens with one attached hydrogen (secondary N) is 1. The second-order valence-corrected chi connectivity index (χ2v) is 8.77. The van der Waals surface area contributed by atoms with Crippen LogP contribution in [0, 0.1) is 11.8 Å². The first-order valence-corrected chi connectivity index (χ1v) is 11.2. The molecule has 2 aliphatic rings. The molecule has 0 spiro atoms. The summed E-state index contributed by atoms with van der Waals surface area (Å²) in [6, 6.07) is 5.39. The Kier molecular flexibility index (Phi) is 6.49. The lowest BCUT2D eigenvalue weighted by atomic mass is 9.88. The van der Waals surface area contributed by atoms with Crippen LogP contribution < -0.4 is 5.32 Å². The van der Waals surface area contributed by atoms with Crippen LogP contribution in [0.25, 0.3) is 0 Å². The molecule has 4 rings (SSSR count). The first-order chi connectivity index (χ1) is 13.8. The Morgan fingerprint density at radius 1 is 1.25 bits per heavy atom. The topological polar surface area (TPSA) is 58.1 Å². The van der Waals surface area contributed by atoms with Gasteiger partial charge >= 0.3 is 0 Å². The predicted octanol–water partition coefficient (Wildman–Crippen LogP) is 4.08. The van der Waals surface area contributed by atoms with Gasteiger partial charge in [-0.05, 0) is 62.6 Å². The quantitative estimate of drug-likeness (QED) is 0.748. The van der Waals surface area contributed by atoms with Crippen LogP contribution in [0.3, 0.4) is 0 Å². The molecule has 1 fully saturated rings. The molecule has 0 saturated carbocycles. The molecule has 2 aromatic rings. The van der Waals surface area contributed by atoms with Crippen LogP contribution in [-0.4, -0.2) is 40.4 Å². The zero-order valence-corrected chi connectivity index (χ0v) is 17.0. The van der Waals surface area contributed by atoms with E-state index in [2.05, 4.69) is 32.3 Å². The lowest BCUT2D eigenvalue weighted by Crippen LogP contribution is -2.44. The Bertz CT molecular complexity index is 777. The molecule has 0 aromatic carbocycles. The highest BCUT2D eigenvalue weighted by Crippen LogP contribution is 2.32. The van der Waals surface area contributed by atoms with Gasteiger partial charge in [0.2, 0.25) is 0 Å². The van der Waals surface area contributed by atoms with Gasteiger partial charge < -0.3 is 10.2 Å². The predicted molar refractivity (Wildman–Crippen MR) is 112 cm³/mol. The number of pyridine rings is 1. The first kappa shape index (κ1) is 19.3. The van der Waals surface area contributed by atoms with E-state index in [1.54, 1.807) is 23.6 Å². The van der Waals surface area contributed by atoms with E-state index in [0.29, 0.717) is 11.6 Å². The van der Waals surface area contributed by atoms with Gasteiger partial charge in [0.15, 0.2) is 0 Å². The highest BCUT2D eigenvalue weighted by Gasteiger charge is 2.32. The van der Waals surface area contributed by atoms with Crippen LogP contribution >= 0.6 is 11.3 Å². The Labute approximate surface area is 170 Å². The number of amides is 1. The van der Waals surface area contributed by atoms with Crippen molar-refractivity contribution in [3.05, 3.63) is 58.8 Å². The summed E-state index contributed by atoms with van der Waals surface area (Å²) in [5, 5.41) is 6.23. The van der Waals surface area contributed by atoms with Crippen molar-refractivity contribution < 1.29 is 4.79 Å². The van der Waals surface area contributed by atoms with Crippen molar-refractivity contribution in [1.82, 2.24) is 20.2 Å². The molecule has 1 N–H and O–H groups in total. The number of allylic oxidation sites excluding steroid dienone is 2. The number of carbonyl (C=O) groups excluding carboxylic acids is 1. The Balaban J connectivity index is 1.45. The van der Waals surface area contributed by atoms with Crippen molar-refractivity contribution in [2.45, 2.75) is 38.1 Å². The van der Waals surface area contributed by atoms with Crippen molar-refractivity contribution in [3.8, 4) is 0 Å². The normalized spacial score (nSPS) is 24.0. The SMILES string of the molecule is O=C(NC(c1nccs1)C1CCCN(CC2CC=CCC2)C1)c1ccccn1. The summed E-state index contributed by atoms with van der Waals surface area (Å²) in [5.41, 5.74) is 0.464. The number of thiazole rings is 1. The third kappa shape index (κ3) is 4.86. The van der Waals surface area contributed by atoms with Crippen molar-refractivity contribution in [2.24, 2.45) is 11.8 Å². The second kappa shape index (κ2) is 9.43. The number of nitrogens with zero attached hydrogens (tertiary/aromatic N) is 3. The smallest absolute Gasteiger partial charge is 0.270 e. The summed E-state index contributed by atoms with van der Waals surface area (Å²) < 4.78 is 0. The number of hydrogen-bond donors (Lipinski definition) is 1. The lowest BCUT2D eigenvalue weighted by Gasteiger charge is -2.38. The molecule has 1 aliphatic heterocycles. The molecule has 0 bridgehead atoms. The number of hydrogen-bond acceptors (Lipinski definition) is 5. The van der Waals surface area contributed by atoms with Gasteiger partial charge in [0.05, 0.1) is 6.04 Å². The second-order valence-electron chi connectivity index (χ2n) is 7.85. The fourth-order valence-corrected chi connectivity index (χ4v) is 5.18. The minimum Gasteiger partial charge on any atom is -0.341 e. The number of piperidine rings is 1. The number of aromatic nitrogens is 2. The summed E-state index contributed by atoms with van der Waals surface area (Å²) in [4.78, 5) is 24.1. The fraction of sp³-hybridized carbons (Fsp3) is 0.500. The third-order valence-corrected chi connectivity index (χ3v) is 6.67. The van der Waals surface area contributed by atoms with E-state index in [0.717, 1.165) is 30.4 Å². The molecule has 1 saturated heterocycles. The van der Waals surface area contributed by atoms with Gasteiger partial charge in [-0.15, -0.1) is 11.3 Å². The van der Waals surface area contributed by atoms with Gasteiger partial charge in [-0.25, -0.2) is 4.98 Å². The zero-order chi connectivity index (χ0) is 19.2. The standard InChI is InChI=1S/C22H28N4OS/c27-21(19-10-4-5-11-23-19)25-20(22-24-12-14-28-22)18-9-6-13-26(16-18)15-17-7-2-1-3-8-17/h1-2,4-5,10-12,14,17-18,20H,3,6-9,13,15-16H2,(H,25,27). The molecular weight excluding hydrogens is 368 g/mol. The summed E-state index contributed by atoms with van der Waals surface area (Å²) >= 11 is 1.62. The average Bonchev–Trinajstić information content (AvgIpc) is 3.28. The van der Waals surface area contributed by atoms with E-state index in [4.69, 9.17) is 0 Å². The van der Waals surface area contributed by atoms with Gasteiger partial charge in [0, 0.05) is 30.9 Å². The largest absolute Gasteiger partial charge is 0.341 e. The maximum atomic E-state index is 12.8. The summed E-state index contributed by atoms with van der Waals surface area (Å²) in [5.74, 6) is 1.03. The molecule has 3 atom stereocenters. The van der Waals surface area contributed by atoms with Crippen LogP contribution in [0.5, 0.6) is 0 Å². The zero-order valence-electron chi connectivity index (χ0n) is 16.2. The maximum absolute atomic E-state index is 12.8. The highest BCUT2D eigenvalue weighted by molar-refractivity contribution is 7.09. The van der Waals surface area contributed by atoms with Crippen molar-refractivity contribution in [1.29, 1.82) is 0 Å². The van der Waals surface area contributed by atoms with Gasteiger partial charge in [0.1, 0.15) is 10.7 Å². The molecular formula is C22H28N4OS. The van der Waals surface area contributed by atoms with E-state index in [1.807, 2.05) is 23.7 Å². The van der Waals surface area contributed by atoms with Crippen LogP contribution in [0.4, 0.5) is 0 Å². The lowest BCUT2D eigenvalue weighted by molar-refractivity contribution is 0.0862. The molecule has 148 valence electrons. The van der Waals surface area contributed by atoms with E-state index >= 15 is 0 Å². The van der Waals surface area contributed by atoms with E-state index in [9.17, 15) is 4.79 Å². The molecule has 1 aliphatic carbocycles. The summed E-state index contributed by atoms with van der Waals surface area (Å²) in [7, 11) is 0. The molecule has 3 heterocycles. The molecule has 28 heavy (non-hydrogen) atoms. The van der Waals surface area contributed by atoms with Gasteiger partial charge in [0.25, 0.3) is 5.91 Å². The highest BCUT2D eigenvalue weighted by atomic mass is 32.1. The molecule has 0 radical (unpaired) electrons. The number of carbonyl (C=O) groups is 1.